The van der Waals surface area contributed by atoms with Gasteiger partial charge >= 0.3 is 0 Å². The third-order valence-electron chi connectivity index (χ3n) is 3.04. The second kappa shape index (κ2) is 5.93. The van der Waals surface area contributed by atoms with Crippen molar-refractivity contribution in [2.45, 2.75) is 32.6 Å². The molecule has 0 fully saturated rings. The molecule has 0 atom stereocenters. The molecule has 0 saturated carbocycles. The molecule has 0 aliphatic heterocycles. The van der Waals surface area contributed by atoms with Crippen LogP contribution in [-0.4, -0.2) is 11.5 Å². The topological polar surface area (TPSA) is 17.1 Å². The van der Waals surface area contributed by atoms with E-state index in [1.165, 1.54) is 20.9 Å². The van der Waals surface area contributed by atoms with E-state index in [2.05, 4.69) is 32.0 Å². The normalized spacial score (nSPS) is 10.7. The first-order chi connectivity index (χ1) is 8.97. The molecule has 0 bridgehead atoms. The number of thioether (sulfide) groups is 1. The summed E-state index contributed by atoms with van der Waals surface area (Å²) in [4.78, 5) is 15.8. The molecule has 0 N–H and O–H groups in total. The second-order valence-electron chi connectivity index (χ2n) is 4.81. The van der Waals surface area contributed by atoms with E-state index < -0.39 is 0 Å². The first-order valence-corrected chi connectivity index (χ1v) is 8.08. The third kappa shape index (κ3) is 3.48. The van der Waals surface area contributed by atoms with Crippen LogP contribution in [0.2, 0.25) is 0 Å². The molecule has 1 heterocycles. The SMILES string of the molecule is Cc1ccc(C)c(SCC(=O)c2cc(C)sc2C)c1. The van der Waals surface area contributed by atoms with Gasteiger partial charge in [0.15, 0.2) is 5.78 Å². The fraction of sp³-hybridized carbons (Fsp3) is 0.312. The van der Waals surface area contributed by atoms with Crippen LogP contribution in [-0.2, 0) is 0 Å². The van der Waals surface area contributed by atoms with Crippen LogP contribution in [0.1, 0.15) is 31.2 Å². The Labute approximate surface area is 123 Å². The molecule has 2 rings (SSSR count). The first-order valence-electron chi connectivity index (χ1n) is 6.27. The van der Waals surface area contributed by atoms with E-state index in [1.54, 1.807) is 23.1 Å². The number of rotatable bonds is 4. The van der Waals surface area contributed by atoms with Gasteiger partial charge in [-0.05, 0) is 45.4 Å². The molecule has 0 saturated heterocycles. The Hall–Kier alpha value is -1.06. The van der Waals surface area contributed by atoms with E-state index in [9.17, 15) is 4.79 Å². The van der Waals surface area contributed by atoms with Gasteiger partial charge in [-0.25, -0.2) is 0 Å². The quantitative estimate of drug-likeness (QED) is 0.585. The highest BCUT2D eigenvalue weighted by molar-refractivity contribution is 8.00. The number of aryl methyl sites for hydroxylation is 4. The Kier molecular flexibility index (Phi) is 4.48. The van der Waals surface area contributed by atoms with Crippen molar-refractivity contribution in [3.8, 4) is 0 Å². The standard InChI is InChI=1S/C16H18OS2/c1-10-5-6-11(2)16(7-10)18-9-15(17)14-8-12(3)19-13(14)4/h5-8H,9H2,1-4H3. The lowest BCUT2D eigenvalue weighted by Crippen LogP contribution is -2.02. The minimum absolute atomic E-state index is 0.229. The van der Waals surface area contributed by atoms with Crippen molar-refractivity contribution >= 4 is 28.9 Å². The van der Waals surface area contributed by atoms with Crippen molar-refractivity contribution < 1.29 is 4.79 Å². The summed E-state index contributed by atoms with van der Waals surface area (Å²) in [6.45, 7) is 8.24. The Morgan fingerprint density at radius 1 is 1.16 bits per heavy atom. The van der Waals surface area contributed by atoms with Crippen molar-refractivity contribution in [3.05, 3.63) is 50.7 Å². The van der Waals surface area contributed by atoms with Gasteiger partial charge in [0.25, 0.3) is 0 Å². The highest BCUT2D eigenvalue weighted by atomic mass is 32.2. The predicted octanol–water partition coefficient (Wildman–Crippen LogP) is 4.96. The Bertz CT molecular complexity index is 611. The Balaban J connectivity index is 2.08. The molecule has 0 aliphatic carbocycles. The van der Waals surface area contributed by atoms with Crippen molar-refractivity contribution in [1.29, 1.82) is 0 Å². The highest BCUT2D eigenvalue weighted by Crippen LogP contribution is 2.27. The number of thiophene rings is 1. The summed E-state index contributed by atoms with van der Waals surface area (Å²) >= 11 is 3.33. The lowest BCUT2D eigenvalue weighted by atomic mass is 10.2. The van der Waals surface area contributed by atoms with E-state index in [0.29, 0.717) is 5.75 Å². The number of hydrogen-bond donors (Lipinski definition) is 0. The number of carbonyl (C=O) groups is 1. The molecule has 100 valence electrons. The van der Waals surface area contributed by atoms with Gasteiger partial charge < -0.3 is 0 Å². The van der Waals surface area contributed by atoms with Crippen LogP contribution in [0.5, 0.6) is 0 Å². The van der Waals surface area contributed by atoms with Gasteiger partial charge in [-0.2, -0.15) is 0 Å². The molecular formula is C16H18OS2. The second-order valence-corrected chi connectivity index (χ2v) is 7.29. The zero-order chi connectivity index (χ0) is 14.0. The van der Waals surface area contributed by atoms with Gasteiger partial charge in [0.2, 0.25) is 0 Å². The van der Waals surface area contributed by atoms with Crippen molar-refractivity contribution in [2.75, 3.05) is 5.75 Å². The number of benzene rings is 1. The summed E-state index contributed by atoms with van der Waals surface area (Å²) in [7, 11) is 0. The van der Waals surface area contributed by atoms with E-state index in [4.69, 9.17) is 0 Å². The summed E-state index contributed by atoms with van der Waals surface area (Å²) in [6, 6.07) is 8.38. The van der Waals surface area contributed by atoms with E-state index >= 15 is 0 Å². The molecule has 2 aromatic rings. The average molecular weight is 290 g/mol. The monoisotopic (exact) mass is 290 g/mol. The molecule has 0 aliphatic rings. The van der Waals surface area contributed by atoms with E-state index in [0.717, 1.165) is 10.4 Å². The zero-order valence-corrected chi connectivity index (χ0v) is 13.4. The fourth-order valence-electron chi connectivity index (χ4n) is 1.99. The smallest absolute Gasteiger partial charge is 0.174 e. The molecular weight excluding hydrogens is 272 g/mol. The molecule has 0 unspecified atom stereocenters. The van der Waals surface area contributed by atoms with Crippen LogP contribution >= 0.6 is 23.1 Å². The Morgan fingerprint density at radius 2 is 1.89 bits per heavy atom. The lowest BCUT2D eigenvalue weighted by molar-refractivity contribution is 0.102. The van der Waals surface area contributed by atoms with Crippen LogP contribution < -0.4 is 0 Å². The molecule has 0 spiro atoms. The maximum absolute atomic E-state index is 12.2. The number of carbonyl (C=O) groups excluding carboxylic acids is 1. The average Bonchev–Trinajstić information content (AvgIpc) is 2.69. The number of ketones is 1. The van der Waals surface area contributed by atoms with Gasteiger partial charge in [0.1, 0.15) is 0 Å². The Morgan fingerprint density at radius 3 is 2.53 bits per heavy atom. The molecule has 1 aromatic heterocycles. The molecule has 1 nitrogen and oxygen atoms in total. The summed E-state index contributed by atoms with van der Waals surface area (Å²) in [5.41, 5.74) is 3.37. The first kappa shape index (κ1) is 14.4. The number of Topliss-reactive ketones (excluding diaryl/α,β-unsaturated/α-hetero) is 1. The largest absolute Gasteiger partial charge is 0.293 e. The fourth-order valence-corrected chi connectivity index (χ4v) is 3.94. The predicted molar refractivity (Wildman–Crippen MR) is 84.8 cm³/mol. The van der Waals surface area contributed by atoms with Crippen molar-refractivity contribution in [2.24, 2.45) is 0 Å². The van der Waals surface area contributed by atoms with Crippen LogP contribution in [0.4, 0.5) is 0 Å². The van der Waals surface area contributed by atoms with Gasteiger partial charge in [-0.1, -0.05) is 17.7 Å². The number of hydrogen-bond acceptors (Lipinski definition) is 3. The van der Waals surface area contributed by atoms with E-state index in [1.807, 2.05) is 19.9 Å². The minimum Gasteiger partial charge on any atom is -0.293 e. The summed E-state index contributed by atoms with van der Waals surface area (Å²) < 4.78 is 0. The van der Waals surface area contributed by atoms with E-state index in [-0.39, 0.29) is 5.78 Å². The highest BCUT2D eigenvalue weighted by Gasteiger charge is 2.12. The maximum Gasteiger partial charge on any atom is 0.174 e. The zero-order valence-electron chi connectivity index (χ0n) is 11.7. The van der Waals surface area contributed by atoms with Crippen LogP contribution in [0.25, 0.3) is 0 Å². The van der Waals surface area contributed by atoms with Gasteiger partial charge in [0.05, 0.1) is 5.75 Å². The van der Waals surface area contributed by atoms with Gasteiger partial charge in [0, 0.05) is 20.2 Å². The van der Waals surface area contributed by atoms with Gasteiger partial charge in [-0.15, -0.1) is 23.1 Å². The summed E-state index contributed by atoms with van der Waals surface area (Å²) in [6.07, 6.45) is 0. The molecule has 19 heavy (non-hydrogen) atoms. The van der Waals surface area contributed by atoms with Crippen LogP contribution in [0.15, 0.2) is 29.2 Å². The summed E-state index contributed by atoms with van der Waals surface area (Å²) in [5, 5.41) is 0. The van der Waals surface area contributed by atoms with Crippen molar-refractivity contribution in [3.63, 3.8) is 0 Å². The lowest BCUT2D eigenvalue weighted by Gasteiger charge is -2.06. The molecule has 0 amide bonds. The van der Waals surface area contributed by atoms with Gasteiger partial charge in [-0.3, -0.25) is 4.79 Å². The maximum atomic E-state index is 12.2. The van der Waals surface area contributed by atoms with Crippen LogP contribution in [0.3, 0.4) is 0 Å². The van der Waals surface area contributed by atoms with Crippen LogP contribution in [0, 0.1) is 27.7 Å². The molecule has 1 aromatic carbocycles. The summed E-state index contributed by atoms with van der Waals surface area (Å²) in [5.74, 6) is 0.745. The minimum atomic E-state index is 0.229. The third-order valence-corrected chi connectivity index (χ3v) is 5.17. The molecule has 3 heteroatoms. The van der Waals surface area contributed by atoms with Crippen molar-refractivity contribution in [1.82, 2.24) is 0 Å². The molecule has 0 radical (unpaired) electrons.